The van der Waals surface area contributed by atoms with Gasteiger partial charge in [0.15, 0.2) is 0 Å². The van der Waals surface area contributed by atoms with Crippen molar-refractivity contribution in [2.45, 2.75) is 255 Å². The molecule has 4 aromatic carbocycles. The van der Waals surface area contributed by atoms with Crippen LogP contribution in [0.25, 0.3) is 0 Å². The molecule has 0 radical (unpaired) electrons. The summed E-state index contributed by atoms with van der Waals surface area (Å²) in [5.41, 5.74) is 4.42. The number of rotatable bonds is 8. The molecule has 1 aliphatic carbocycles. The van der Waals surface area contributed by atoms with Gasteiger partial charge in [0.2, 0.25) is 0 Å². The fourth-order valence-electron chi connectivity index (χ4n) is 14.6. The Hall–Kier alpha value is -7.36. The van der Waals surface area contributed by atoms with Crippen LogP contribution in [0.5, 0.6) is 46.0 Å². The van der Waals surface area contributed by atoms with Gasteiger partial charge in [-0.05, 0) is 101 Å². The molecule has 4 atom stereocenters. The molecule has 4 unspecified atom stereocenters. The highest BCUT2D eigenvalue weighted by Crippen LogP contribution is 2.53. The van der Waals surface area contributed by atoms with Crippen molar-refractivity contribution in [1.82, 2.24) is 0 Å². The van der Waals surface area contributed by atoms with Crippen LogP contribution >= 0.6 is 0 Å². The number of carbonyl (C=O) groups excluding carboxylic acids is 4. The van der Waals surface area contributed by atoms with Crippen LogP contribution in [0.1, 0.15) is 299 Å². The van der Waals surface area contributed by atoms with Gasteiger partial charge in [-0.15, -0.1) is 0 Å². The molecule has 0 N–H and O–H groups in total. The Kier molecular flexibility index (Phi) is 36.4. The van der Waals surface area contributed by atoms with Gasteiger partial charge >= 0.3 is 23.9 Å². The third-order valence-electron chi connectivity index (χ3n) is 20.3. The average Bonchev–Trinajstić information content (AvgIpc) is 0.752. The molecular formula is C84H120O16. The number of benzene rings is 4. The topological polar surface area (TPSA) is 179 Å². The number of ether oxygens (including phenoxy) is 12. The predicted molar refractivity (Wildman–Crippen MR) is 394 cm³/mol. The number of methoxy groups -OCH3 is 8. The van der Waals surface area contributed by atoms with Gasteiger partial charge in [0, 0.05) is 92.4 Å². The number of carbonyl (C=O) groups is 4. The summed E-state index contributed by atoms with van der Waals surface area (Å²) in [6.07, 6.45) is 42.5. The predicted octanol–water partition coefficient (Wildman–Crippen LogP) is 20.0. The van der Waals surface area contributed by atoms with Gasteiger partial charge in [-0.3, -0.25) is 19.2 Å². The second kappa shape index (κ2) is 45.5. The van der Waals surface area contributed by atoms with Gasteiger partial charge in [-0.2, -0.15) is 0 Å². The molecule has 2 aliphatic heterocycles. The van der Waals surface area contributed by atoms with E-state index in [4.69, 9.17) is 56.8 Å². The molecule has 100 heavy (non-hydrogen) atoms. The van der Waals surface area contributed by atoms with E-state index in [0.717, 1.165) is 103 Å². The molecule has 4 aromatic rings. The normalized spacial score (nSPS) is 21.8. The van der Waals surface area contributed by atoms with Crippen LogP contribution < -0.4 is 37.9 Å². The van der Waals surface area contributed by atoms with E-state index in [9.17, 15) is 19.2 Å². The summed E-state index contributed by atoms with van der Waals surface area (Å²) in [6, 6.07) is 14.9. The Balaban J connectivity index is 1.48. The van der Waals surface area contributed by atoms with Gasteiger partial charge < -0.3 is 56.8 Å². The fourth-order valence-corrected chi connectivity index (χ4v) is 14.6. The Morgan fingerprint density at radius 1 is 0.220 bits per heavy atom. The van der Waals surface area contributed by atoms with Crippen molar-refractivity contribution in [2.24, 2.45) is 0 Å². The lowest BCUT2D eigenvalue weighted by molar-refractivity contribution is -0.145. The van der Waals surface area contributed by atoms with Crippen LogP contribution in [0.2, 0.25) is 0 Å². The zero-order valence-electron chi connectivity index (χ0n) is 62.1. The Morgan fingerprint density at radius 3 is 0.530 bits per heavy atom. The molecule has 0 amide bonds. The molecule has 3 aliphatic rings. The van der Waals surface area contributed by atoms with Crippen molar-refractivity contribution in [2.75, 3.05) is 83.3 Å². The van der Waals surface area contributed by atoms with E-state index in [-0.39, 0.29) is 52.1 Å². The van der Waals surface area contributed by atoms with Crippen LogP contribution in [0, 0.1) is 0 Å². The second-order valence-electron chi connectivity index (χ2n) is 27.3. The molecule has 552 valence electrons. The molecule has 16 nitrogen and oxygen atoms in total. The first-order valence-electron chi connectivity index (χ1n) is 38.0. The van der Waals surface area contributed by atoms with E-state index in [0.29, 0.717) is 116 Å². The van der Waals surface area contributed by atoms with Crippen LogP contribution in [-0.4, -0.2) is 107 Å². The molecule has 2 heterocycles. The summed E-state index contributed by atoms with van der Waals surface area (Å²) in [5.74, 6) is -2.23. The molecule has 12 bridgehead atoms. The van der Waals surface area contributed by atoms with E-state index >= 15 is 0 Å². The molecule has 0 saturated carbocycles. The maximum atomic E-state index is 14.9. The fraction of sp³-hybridized carbons (Fsp3) is 0.619. The first kappa shape index (κ1) is 80.0. The van der Waals surface area contributed by atoms with Crippen molar-refractivity contribution < 1.29 is 76.0 Å². The van der Waals surface area contributed by atoms with Gasteiger partial charge in [-0.1, -0.05) is 153 Å². The first-order valence-corrected chi connectivity index (χ1v) is 38.0. The number of hydrogen-bond acceptors (Lipinski definition) is 16. The molecular weight excluding hydrogens is 1260 g/mol. The lowest BCUT2D eigenvalue weighted by Crippen LogP contribution is -2.19. The van der Waals surface area contributed by atoms with E-state index in [1.165, 1.54) is 77.0 Å². The minimum atomic E-state index is -0.872. The van der Waals surface area contributed by atoms with E-state index < -0.39 is 47.5 Å². The minimum Gasteiger partial charge on any atom is -0.496 e. The largest absolute Gasteiger partial charge is 0.496 e. The van der Waals surface area contributed by atoms with Crippen LogP contribution in [0.4, 0.5) is 0 Å². The van der Waals surface area contributed by atoms with E-state index in [2.05, 4.69) is 24.3 Å². The number of allylic oxidation sites excluding steroid dienone is 4. The van der Waals surface area contributed by atoms with E-state index in [1.54, 1.807) is 81.1 Å². The molecule has 0 saturated heterocycles. The highest BCUT2D eigenvalue weighted by Gasteiger charge is 2.38. The van der Waals surface area contributed by atoms with Crippen molar-refractivity contribution in [3.8, 4) is 46.0 Å². The maximum absolute atomic E-state index is 14.9. The Morgan fingerprint density at radius 2 is 0.370 bits per heavy atom. The summed E-state index contributed by atoms with van der Waals surface area (Å²) in [6.45, 7) is 0.931. The summed E-state index contributed by atoms with van der Waals surface area (Å²) < 4.78 is 75.9. The Bertz CT molecular complexity index is 2780. The third kappa shape index (κ3) is 25.0. The lowest BCUT2D eigenvalue weighted by atomic mass is 9.77. The van der Waals surface area contributed by atoms with Crippen LogP contribution in [0.15, 0.2) is 72.8 Å². The quantitative estimate of drug-likeness (QED) is 0.0923. The average molecular weight is 1390 g/mol. The van der Waals surface area contributed by atoms with Crippen molar-refractivity contribution in [3.05, 3.63) is 117 Å². The van der Waals surface area contributed by atoms with Crippen molar-refractivity contribution in [1.29, 1.82) is 0 Å². The Labute approximate surface area is 598 Å². The monoisotopic (exact) mass is 1380 g/mol. The SMILES string of the molecule is COc1cc(OC)c2cc1C1CC(=O)OCCCCCCCCC/C=C\CCCCCCCCCOC(=O)CC2c2cc(c(OC)cc2OC)C2CC(=O)OCCCCCCCCC/C=C/CCCCCCCCCOC(=O)CC(c3cc1c(OC)cc3OC)c1cc2c(OC)cc1OC. The van der Waals surface area contributed by atoms with Crippen LogP contribution in [0.3, 0.4) is 0 Å². The zero-order valence-corrected chi connectivity index (χ0v) is 62.1. The van der Waals surface area contributed by atoms with Gasteiger partial charge in [-0.25, -0.2) is 0 Å². The minimum absolute atomic E-state index is 0.181. The number of esters is 4. The van der Waals surface area contributed by atoms with Gasteiger partial charge in [0.05, 0.1) is 109 Å². The molecule has 0 spiro atoms. The molecule has 0 aromatic heterocycles. The standard InChI is InChI=1S/C84H120O16/c1-89-73-57-74(90-2)66-49-65(73)61-53-81(85)97-45-41-37-33-29-25-21-17-13-9-10-14-18-22-26-30-34-38-42-46-98-82(86)54-62(66)71-52-72(80(96-8)60-79(71)95-7)64-56-84(88)100-48-44-40-36-32-28-24-20-16-12-11-15-19-23-27-31-35-39-43-47-99-83(87)55-63(67-50-68(64)76(92-4)58-75(67)91-3)70-51-69(61)77(93-5)59-78(70)94-6/h9-12,49-52,57-64H,13-48,53-56H2,1-8H3/b10-9-,12-11+. The first-order chi connectivity index (χ1) is 49.0. The molecule has 16 heteroatoms. The zero-order chi connectivity index (χ0) is 71.1. The smallest absolute Gasteiger partial charge is 0.306 e. The molecule has 7 rings (SSSR count). The van der Waals surface area contributed by atoms with Crippen molar-refractivity contribution in [3.63, 3.8) is 0 Å². The number of hydrogen-bond donors (Lipinski definition) is 0. The number of fused-ring (bicyclic) bond motifs is 8. The van der Waals surface area contributed by atoms with Gasteiger partial charge in [0.1, 0.15) is 46.0 Å². The van der Waals surface area contributed by atoms with Crippen LogP contribution in [-0.2, 0) is 38.1 Å². The van der Waals surface area contributed by atoms with Crippen molar-refractivity contribution >= 4 is 23.9 Å². The summed E-state index contributed by atoms with van der Waals surface area (Å²) >= 11 is 0. The second-order valence-corrected chi connectivity index (χ2v) is 27.3. The van der Waals surface area contributed by atoms with E-state index in [1.807, 2.05) is 24.3 Å². The summed E-state index contributed by atoms with van der Waals surface area (Å²) in [4.78, 5) is 59.7. The summed E-state index contributed by atoms with van der Waals surface area (Å²) in [7, 11) is 12.6. The highest BCUT2D eigenvalue weighted by molar-refractivity contribution is 5.77. The molecule has 0 fully saturated rings. The maximum Gasteiger partial charge on any atom is 0.306 e. The number of cyclic esters (lactones) is 4. The highest BCUT2D eigenvalue weighted by atomic mass is 16.5. The lowest BCUT2D eigenvalue weighted by Gasteiger charge is -2.31. The van der Waals surface area contributed by atoms with Gasteiger partial charge in [0.25, 0.3) is 0 Å². The third-order valence-corrected chi connectivity index (χ3v) is 20.3. The summed E-state index contributed by atoms with van der Waals surface area (Å²) in [5, 5.41) is 0.